The number of fused-ring (bicyclic) bond motifs is 1. The van der Waals surface area contributed by atoms with Crippen LogP contribution in [-0.4, -0.2) is 72.8 Å². The highest BCUT2D eigenvalue weighted by atomic mass is 19.4. The molecule has 0 radical (unpaired) electrons. The number of alkyl halides is 3. The maximum Gasteiger partial charge on any atom is 0.425 e. The van der Waals surface area contributed by atoms with Gasteiger partial charge in [-0.1, -0.05) is 12.1 Å². The quantitative estimate of drug-likeness (QED) is 0.745. The van der Waals surface area contributed by atoms with Crippen LogP contribution in [0.15, 0.2) is 24.3 Å². The van der Waals surface area contributed by atoms with Crippen LogP contribution in [0.5, 0.6) is 5.75 Å². The largest absolute Gasteiger partial charge is 0.481 e. The summed E-state index contributed by atoms with van der Waals surface area (Å²) < 4.78 is 48.3. The minimum atomic E-state index is -4.40. The maximum absolute atomic E-state index is 12.8. The molecule has 3 saturated heterocycles. The molecular formula is C21H25F3N2O4. The summed E-state index contributed by atoms with van der Waals surface area (Å²) in [5.41, 5.74) is 0.969. The molecule has 4 rings (SSSR count). The Morgan fingerprint density at radius 1 is 1.17 bits per heavy atom. The number of rotatable bonds is 3. The first-order valence-electron chi connectivity index (χ1n) is 10.2. The van der Waals surface area contributed by atoms with Crippen molar-refractivity contribution in [2.24, 2.45) is 5.92 Å². The van der Waals surface area contributed by atoms with Crippen LogP contribution in [0.3, 0.4) is 0 Å². The molecule has 1 unspecified atom stereocenters. The van der Waals surface area contributed by atoms with Gasteiger partial charge in [-0.15, -0.1) is 0 Å². The van der Waals surface area contributed by atoms with E-state index < -0.39 is 12.3 Å². The Morgan fingerprint density at radius 3 is 2.53 bits per heavy atom. The summed E-state index contributed by atoms with van der Waals surface area (Å²) in [7, 11) is 0. The van der Waals surface area contributed by atoms with Crippen molar-refractivity contribution in [3.8, 4) is 5.75 Å². The molecule has 0 N–H and O–H groups in total. The molecule has 0 aromatic heterocycles. The minimum Gasteiger partial charge on any atom is -0.481 e. The van der Waals surface area contributed by atoms with E-state index in [9.17, 15) is 22.8 Å². The van der Waals surface area contributed by atoms with Crippen LogP contribution in [0.2, 0.25) is 0 Å². The van der Waals surface area contributed by atoms with Gasteiger partial charge in [0.2, 0.25) is 0 Å². The molecule has 1 aromatic carbocycles. The summed E-state index contributed by atoms with van der Waals surface area (Å²) in [4.78, 5) is 28.0. The first-order chi connectivity index (χ1) is 14.2. The molecule has 3 aliphatic heterocycles. The minimum absolute atomic E-state index is 0.0262. The van der Waals surface area contributed by atoms with E-state index in [0.717, 1.165) is 18.9 Å². The van der Waals surface area contributed by atoms with Crippen molar-refractivity contribution >= 4 is 11.8 Å². The molecule has 6 nitrogen and oxygen atoms in total. The van der Waals surface area contributed by atoms with E-state index in [1.807, 2.05) is 0 Å². The molecule has 3 fully saturated rings. The molecule has 164 valence electrons. The van der Waals surface area contributed by atoms with E-state index in [2.05, 4.69) is 0 Å². The van der Waals surface area contributed by atoms with Crippen molar-refractivity contribution in [1.82, 2.24) is 9.80 Å². The van der Waals surface area contributed by atoms with Crippen molar-refractivity contribution in [1.29, 1.82) is 0 Å². The second-order valence-corrected chi connectivity index (χ2v) is 8.34. The molecule has 0 aliphatic carbocycles. The number of piperidine rings is 1. The Morgan fingerprint density at radius 2 is 1.87 bits per heavy atom. The first kappa shape index (κ1) is 21.0. The summed E-state index contributed by atoms with van der Waals surface area (Å²) in [6.45, 7) is 3.46. The number of benzene rings is 1. The second kappa shape index (κ2) is 8.09. The Bertz CT molecular complexity index is 792. The Kier molecular flexibility index (Phi) is 5.65. The van der Waals surface area contributed by atoms with Gasteiger partial charge in [0.15, 0.2) is 11.9 Å². The number of hydrogen-bond donors (Lipinski definition) is 0. The third-order valence-electron chi connectivity index (χ3n) is 6.16. The Balaban J connectivity index is 1.27. The van der Waals surface area contributed by atoms with Crippen LogP contribution in [0, 0.1) is 5.92 Å². The van der Waals surface area contributed by atoms with Gasteiger partial charge in [0, 0.05) is 44.4 Å². The van der Waals surface area contributed by atoms with Crippen LogP contribution >= 0.6 is 0 Å². The maximum atomic E-state index is 12.8. The average Bonchev–Trinajstić information content (AvgIpc) is 2.66. The molecule has 1 aromatic rings. The third kappa shape index (κ3) is 4.40. The standard InChI is InChI=1S/C21H25F3N2O4/c1-13(21(22,23)24)30-18-4-2-14(3-5-18)16-10-26(11-16)20(28)25-7-6-19-15(9-25)8-17(27)12-29-19/h2-5,13,15-16,19H,6-12H2,1H3/t13?,15-,19+/m1/s1. The molecule has 9 heteroatoms. The van der Waals surface area contributed by atoms with Crippen molar-refractivity contribution in [3.63, 3.8) is 0 Å². The summed E-state index contributed by atoms with van der Waals surface area (Å²) in [6, 6.07) is 6.55. The highest BCUT2D eigenvalue weighted by Crippen LogP contribution is 2.32. The summed E-state index contributed by atoms with van der Waals surface area (Å²) in [6.07, 6.45) is -4.98. The lowest BCUT2D eigenvalue weighted by Crippen LogP contribution is -2.58. The molecular weight excluding hydrogens is 401 g/mol. The van der Waals surface area contributed by atoms with Gasteiger partial charge in [-0.05, 0) is 31.0 Å². The predicted molar refractivity (Wildman–Crippen MR) is 101 cm³/mol. The molecule has 3 aliphatic rings. The normalized spacial score (nSPS) is 26.1. The molecule has 3 atom stereocenters. The number of carbonyl (C=O) groups is 2. The number of carbonyl (C=O) groups excluding carboxylic acids is 2. The van der Waals surface area contributed by atoms with E-state index in [1.165, 1.54) is 12.1 Å². The molecule has 2 amide bonds. The SMILES string of the molecule is CC(Oc1ccc(C2CN(C(=O)N3CC[C@@H]4OCC(=O)C[C@@H]4C3)C2)cc1)C(F)(F)F. The average molecular weight is 426 g/mol. The number of ketones is 1. The Labute approximate surface area is 172 Å². The molecule has 30 heavy (non-hydrogen) atoms. The van der Waals surface area contributed by atoms with Gasteiger partial charge in [-0.3, -0.25) is 4.79 Å². The smallest absolute Gasteiger partial charge is 0.425 e. The van der Waals surface area contributed by atoms with Crippen LogP contribution in [0.25, 0.3) is 0 Å². The fraction of sp³-hybridized carbons (Fsp3) is 0.619. The zero-order valence-corrected chi connectivity index (χ0v) is 16.7. The van der Waals surface area contributed by atoms with Gasteiger partial charge in [0.05, 0.1) is 6.10 Å². The van der Waals surface area contributed by atoms with Crippen molar-refractivity contribution in [2.75, 3.05) is 32.8 Å². The van der Waals surface area contributed by atoms with E-state index in [4.69, 9.17) is 9.47 Å². The van der Waals surface area contributed by atoms with E-state index in [0.29, 0.717) is 32.6 Å². The van der Waals surface area contributed by atoms with E-state index >= 15 is 0 Å². The van der Waals surface area contributed by atoms with Gasteiger partial charge in [0.25, 0.3) is 0 Å². The van der Waals surface area contributed by atoms with Crippen molar-refractivity contribution in [2.45, 2.75) is 44.1 Å². The van der Waals surface area contributed by atoms with E-state index in [-0.39, 0.29) is 42.1 Å². The lowest BCUT2D eigenvalue weighted by molar-refractivity contribution is -0.189. The van der Waals surface area contributed by atoms with Crippen LogP contribution in [0.1, 0.15) is 31.2 Å². The van der Waals surface area contributed by atoms with Gasteiger partial charge in [-0.2, -0.15) is 13.2 Å². The monoisotopic (exact) mass is 426 g/mol. The predicted octanol–water partition coefficient (Wildman–Crippen LogP) is 3.22. The van der Waals surface area contributed by atoms with Crippen LogP contribution < -0.4 is 4.74 Å². The van der Waals surface area contributed by atoms with Gasteiger partial charge < -0.3 is 19.3 Å². The number of Topliss-reactive ketones (excluding diaryl/α,β-unsaturated/α-hetero) is 1. The summed E-state index contributed by atoms with van der Waals surface area (Å²) >= 11 is 0. The Hall–Kier alpha value is -2.29. The number of nitrogens with zero attached hydrogens (tertiary/aromatic N) is 2. The van der Waals surface area contributed by atoms with Crippen molar-refractivity contribution < 1.29 is 32.2 Å². The highest BCUT2D eigenvalue weighted by Gasteiger charge is 2.41. The summed E-state index contributed by atoms with van der Waals surface area (Å²) in [5, 5.41) is 0. The fourth-order valence-electron chi connectivity index (χ4n) is 4.29. The fourth-order valence-corrected chi connectivity index (χ4v) is 4.29. The number of urea groups is 1. The van der Waals surface area contributed by atoms with E-state index in [1.54, 1.807) is 21.9 Å². The number of hydrogen-bond acceptors (Lipinski definition) is 4. The topological polar surface area (TPSA) is 59.1 Å². The van der Waals surface area contributed by atoms with Crippen LogP contribution in [0.4, 0.5) is 18.0 Å². The highest BCUT2D eigenvalue weighted by molar-refractivity contribution is 5.81. The lowest BCUT2D eigenvalue weighted by atomic mass is 9.87. The zero-order valence-electron chi connectivity index (χ0n) is 16.7. The number of ether oxygens (including phenoxy) is 2. The number of halogens is 3. The lowest BCUT2D eigenvalue weighted by Gasteiger charge is -2.46. The molecule has 3 heterocycles. The second-order valence-electron chi connectivity index (χ2n) is 8.34. The van der Waals surface area contributed by atoms with Crippen molar-refractivity contribution in [3.05, 3.63) is 29.8 Å². The van der Waals surface area contributed by atoms with Gasteiger partial charge in [-0.25, -0.2) is 4.79 Å². The number of likely N-dealkylation sites (tertiary alicyclic amines) is 2. The van der Waals surface area contributed by atoms with Crippen LogP contribution in [-0.2, 0) is 9.53 Å². The summed E-state index contributed by atoms with van der Waals surface area (Å²) in [5.74, 6) is 0.488. The van der Waals surface area contributed by atoms with Gasteiger partial charge >= 0.3 is 12.2 Å². The number of amides is 2. The molecule has 0 bridgehead atoms. The van der Waals surface area contributed by atoms with Gasteiger partial charge in [0.1, 0.15) is 12.4 Å². The zero-order chi connectivity index (χ0) is 21.5. The third-order valence-corrected chi connectivity index (χ3v) is 6.16. The molecule has 0 saturated carbocycles. The molecule has 0 spiro atoms. The first-order valence-corrected chi connectivity index (χ1v) is 10.2.